The van der Waals surface area contributed by atoms with Crippen LogP contribution in [0.25, 0.3) is 0 Å². The van der Waals surface area contributed by atoms with Crippen molar-refractivity contribution in [3.8, 4) is 11.5 Å². The number of esters is 2. The number of halogens is 2. The molecule has 2 atom stereocenters. The predicted molar refractivity (Wildman–Crippen MR) is 267 cm³/mol. The normalized spacial score (nSPS) is 18.8. The zero-order chi connectivity index (χ0) is 52.9. The van der Waals surface area contributed by atoms with Gasteiger partial charge in [0.25, 0.3) is 20.0 Å². The average molecular weight is 1080 g/mol. The number of anilines is 2. The van der Waals surface area contributed by atoms with E-state index < -0.39 is 78.0 Å². The number of carbonyl (C=O) groups is 4. The van der Waals surface area contributed by atoms with Crippen molar-refractivity contribution in [3.63, 3.8) is 0 Å². The number of aromatic nitrogens is 4. The van der Waals surface area contributed by atoms with Gasteiger partial charge in [0.05, 0.1) is 48.1 Å². The molecule has 8 rings (SSSR count). The minimum Gasteiger partial charge on any atom is -0.486 e. The molecule has 0 radical (unpaired) electrons. The first-order valence-electron chi connectivity index (χ1n) is 23.6. The van der Waals surface area contributed by atoms with Crippen LogP contribution in [0.5, 0.6) is 11.5 Å². The van der Waals surface area contributed by atoms with Crippen LogP contribution >= 0.6 is 23.2 Å². The Balaban J connectivity index is 0.000000211. The number of amides is 2. The average Bonchev–Trinajstić information content (AvgIpc) is 4.17. The van der Waals surface area contributed by atoms with Gasteiger partial charge in [-0.05, 0) is 116 Å². The Hall–Kier alpha value is -5.58. The van der Waals surface area contributed by atoms with Crippen molar-refractivity contribution in [2.75, 3.05) is 21.7 Å². The summed E-state index contributed by atoms with van der Waals surface area (Å²) >= 11 is 12.4. The zero-order valence-corrected chi connectivity index (χ0v) is 44.7. The fraction of sp³-hybridized carbons (Fsp3) is 0.542. The summed E-state index contributed by atoms with van der Waals surface area (Å²) in [4.78, 5) is 48.5. The van der Waals surface area contributed by atoms with Crippen molar-refractivity contribution in [3.05, 3.63) is 70.2 Å². The van der Waals surface area contributed by atoms with E-state index in [1.165, 1.54) is 30.4 Å². The number of sulfonamides is 2. The molecule has 392 valence electrons. The van der Waals surface area contributed by atoms with Crippen molar-refractivity contribution in [2.24, 2.45) is 22.3 Å². The molecule has 0 saturated heterocycles. The third-order valence-corrected chi connectivity index (χ3v) is 16.9. The molecule has 2 saturated carbocycles. The summed E-state index contributed by atoms with van der Waals surface area (Å²) in [6.45, 7) is 15.1. The summed E-state index contributed by atoms with van der Waals surface area (Å²) in [6.07, 6.45) is 4.68. The van der Waals surface area contributed by atoms with Crippen molar-refractivity contribution < 1.29 is 55.0 Å². The lowest BCUT2D eigenvalue weighted by atomic mass is 9.96. The number of hydrogen-bond acceptors (Lipinski definition) is 14. The summed E-state index contributed by atoms with van der Waals surface area (Å²) in [5.74, 6) is -1.05. The molecule has 2 aromatic carbocycles. The Labute approximate surface area is 429 Å². The summed E-state index contributed by atoms with van der Waals surface area (Å²) in [7, 11) is -8.30. The van der Waals surface area contributed by atoms with Gasteiger partial charge >= 0.3 is 11.9 Å². The Kier molecular flexibility index (Phi) is 15.1. The lowest BCUT2D eigenvalue weighted by molar-refractivity contribution is -0.155. The summed E-state index contributed by atoms with van der Waals surface area (Å²) < 4.78 is 83.7. The maximum atomic E-state index is 13.8. The fourth-order valence-electron chi connectivity index (χ4n) is 8.63. The third kappa shape index (κ3) is 12.1. The van der Waals surface area contributed by atoms with E-state index >= 15 is 0 Å². The molecule has 0 unspecified atom stereocenters. The van der Waals surface area contributed by atoms with Crippen molar-refractivity contribution in [1.29, 1.82) is 0 Å². The number of benzene rings is 2. The highest BCUT2D eigenvalue weighted by molar-refractivity contribution is 7.93. The lowest BCUT2D eigenvalue weighted by Crippen LogP contribution is -2.45. The van der Waals surface area contributed by atoms with E-state index in [0.717, 1.165) is 0 Å². The van der Waals surface area contributed by atoms with Gasteiger partial charge in [-0.25, -0.2) is 16.8 Å². The Bertz CT molecular complexity index is 2790. The van der Waals surface area contributed by atoms with Gasteiger partial charge in [-0.15, -0.1) is 0 Å². The van der Waals surface area contributed by atoms with Gasteiger partial charge in [0.15, 0.2) is 10.3 Å². The van der Waals surface area contributed by atoms with Crippen molar-refractivity contribution >= 4 is 78.4 Å². The van der Waals surface area contributed by atoms with E-state index in [2.05, 4.69) is 10.2 Å². The van der Waals surface area contributed by atoms with Crippen molar-refractivity contribution in [2.45, 2.75) is 153 Å². The van der Waals surface area contributed by atoms with E-state index in [4.69, 9.17) is 53.6 Å². The van der Waals surface area contributed by atoms with Crippen LogP contribution < -0.4 is 29.6 Å². The van der Waals surface area contributed by atoms with E-state index in [1.54, 1.807) is 77.9 Å². The molecule has 4 aliphatic rings. The topological polar surface area (TPSA) is 268 Å². The van der Waals surface area contributed by atoms with Gasteiger partial charge in [0, 0.05) is 38.3 Å². The molecule has 2 aliphatic carbocycles. The van der Waals surface area contributed by atoms with E-state index in [1.807, 2.05) is 13.8 Å². The predicted octanol–water partition coefficient (Wildman–Crippen LogP) is 6.11. The summed E-state index contributed by atoms with van der Waals surface area (Å²) in [5, 5.41) is 7.87. The van der Waals surface area contributed by atoms with Crippen LogP contribution in [0.15, 0.2) is 58.6 Å². The Morgan fingerprint density at radius 2 is 1.00 bits per heavy atom. The van der Waals surface area contributed by atoms with Crippen LogP contribution in [0.3, 0.4) is 0 Å². The maximum absolute atomic E-state index is 13.8. The third-order valence-electron chi connectivity index (χ3n) is 12.6. The first kappa shape index (κ1) is 54.2. The van der Waals surface area contributed by atoms with Crippen LogP contribution in [-0.2, 0) is 74.6 Å². The highest BCUT2D eigenvalue weighted by atomic mass is 35.5. The van der Waals surface area contributed by atoms with E-state index in [0.29, 0.717) is 74.2 Å². The summed E-state index contributed by atoms with van der Waals surface area (Å²) in [6, 6.07) is 9.85. The first-order valence-corrected chi connectivity index (χ1v) is 27.3. The molecule has 24 heteroatoms. The highest BCUT2D eigenvalue weighted by Crippen LogP contribution is 2.52. The smallest absolute Gasteiger partial charge is 0.310 e. The fourth-order valence-corrected chi connectivity index (χ4v) is 12.5. The molecule has 4 aromatic rings. The first-order chi connectivity index (χ1) is 33.5. The van der Waals surface area contributed by atoms with E-state index in [9.17, 15) is 36.0 Å². The van der Waals surface area contributed by atoms with Gasteiger partial charge in [0.1, 0.15) is 44.7 Å². The second-order valence-corrected chi connectivity index (χ2v) is 25.0. The molecule has 4 N–H and O–H groups in total. The molecule has 4 heterocycles. The molecular weight excluding hydrogens is 1020 g/mol. The maximum Gasteiger partial charge on any atom is 0.310 e. The van der Waals surface area contributed by atoms with Gasteiger partial charge in [0.2, 0.25) is 11.8 Å². The number of carbonyl (C=O) groups excluding carboxylic acids is 4. The largest absolute Gasteiger partial charge is 0.486 e. The second-order valence-electron chi connectivity index (χ2n) is 20.7. The molecule has 2 aromatic heterocycles. The Morgan fingerprint density at radius 3 is 1.28 bits per heavy atom. The number of nitrogens with two attached hydrogens (primary N) is 2. The molecule has 0 bridgehead atoms. The van der Waals surface area contributed by atoms with Crippen LogP contribution in [-0.4, -0.2) is 96.6 Å². The molecule has 2 fully saturated rings. The molecule has 20 nitrogen and oxygen atoms in total. The quantitative estimate of drug-likeness (QED) is 0.120. The van der Waals surface area contributed by atoms with Crippen LogP contribution in [0.2, 0.25) is 10.3 Å². The van der Waals surface area contributed by atoms with Gasteiger partial charge < -0.3 is 30.4 Å². The number of nitrogens with zero attached hydrogens (tertiary/aromatic N) is 6. The second kappa shape index (κ2) is 20.0. The molecule has 2 aliphatic heterocycles. The van der Waals surface area contributed by atoms with Crippen LogP contribution in [0.1, 0.15) is 105 Å². The van der Waals surface area contributed by atoms with Crippen LogP contribution in [0, 0.1) is 10.8 Å². The molecule has 2 amide bonds. The van der Waals surface area contributed by atoms with Gasteiger partial charge in [-0.2, -0.15) is 10.2 Å². The lowest BCUT2D eigenvalue weighted by Gasteiger charge is -2.36. The highest BCUT2D eigenvalue weighted by Gasteiger charge is 2.53. The molecule has 0 spiro atoms. The number of hydrogen-bond donors (Lipinski definition) is 2. The van der Waals surface area contributed by atoms with Crippen LogP contribution in [0.4, 0.5) is 11.4 Å². The zero-order valence-electron chi connectivity index (χ0n) is 41.6. The summed E-state index contributed by atoms with van der Waals surface area (Å²) in [5.41, 5.74) is 10.2. The van der Waals surface area contributed by atoms with Gasteiger partial charge in [-0.1, -0.05) is 35.3 Å². The number of primary amides is 2. The molecular formula is C48H62Cl2N8O12S2. The van der Waals surface area contributed by atoms with Crippen molar-refractivity contribution in [1.82, 2.24) is 19.6 Å². The Morgan fingerprint density at radius 1 is 0.653 bits per heavy atom. The minimum absolute atomic E-state index is 0.0405. The van der Waals surface area contributed by atoms with Gasteiger partial charge in [-0.3, -0.25) is 37.2 Å². The monoisotopic (exact) mass is 1080 g/mol. The number of aryl methyl sites for hydroxylation is 2. The number of fused-ring (bicyclic) bond motifs is 2. The standard InChI is InChI=1S/2C24H31ClN4O6S/c2*1-5-28-14-19(21(25)27-28)36(32,33)29-13-16(12-24(8-9-24)22(26)31)34-18-7-6-15(10-17(18)29)11-20(30)35-23(2,3)4/h2*6-7,10,14,16H,5,8-9,11-13H2,1-4H3,(H2,26,31)/t2*16-/m10/s1. The number of rotatable bonds is 16. The van der Waals surface area contributed by atoms with E-state index in [-0.39, 0.29) is 57.4 Å². The molecule has 72 heavy (non-hydrogen) atoms. The number of ether oxygens (including phenoxy) is 4. The SMILES string of the molecule is CCn1cc(S(=O)(=O)N2C[C@@H](CC3(C(N)=O)CC3)Oc3ccc(CC(=O)OC(C)(C)C)cc32)c(Cl)n1.CCn1cc(S(=O)(=O)N2C[C@H](CC3(C(N)=O)CC3)Oc3ccc(CC(=O)OC(C)(C)C)cc32)c(Cl)n1. The minimum atomic E-state index is -4.15.